The van der Waals surface area contributed by atoms with E-state index >= 15 is 0 Å². The van der Waals surface area contributed by atoms with E-state index in [9.17, 15) is 15.2 Å². The Morgan fingerprint density at radius 3 is 2.50 bits per heavy atom. The molecule has 0 spiro atoms. The Bertz CT molecular complexity index is 1020. The van der Waals surface area contributed by atoms with E-state index in [0.29, 0.717) is 16.5 Å². The topological polar surface area (TPSA) is 105 Å². The van der Waals surface area contributed by atoms with Gasteiger partial charge in [0.25, 0.3) is 0 Å². The van der Waals surface area contributed by atoms with Crippen LogP contribution in [0.4, 0.5) is 0 Å². The third-order valence-electron chi connectivity index (χ3n) is 6.45. The molecule has 2 aromatic carbocycles. The van der Waals surface area contributed by atoms with Gasteiger partial charge in [-0.1, -0.05) is 61.3 Å². The second kappa shape index (κ2) is 11.5. The first-order chi connectivity index (χ1) is 16.2. The van der Waals surface area contributed by atoms with E-state index in [1.807, 2.05) is 30.3 Å². The number of aliphatic hydroxyl groups excluding tert-OH is 2. The van der Waals surface area contributed by atoms with E-state index in [-0.39, 0.29) is 37.4 Å². The van der Waals surface area contributed by atoms with Crippen LogP contribution in [0, 0.1) is 17.2 Å². The zero-order chi connectivity index (χ0) is 24.9. The van der Waals surface area contributed by atoms with Crippen LogP contribution < -0.4 is 10.6 Å². The van der Waals surface area contributed by atoms with Crippen molar-refractivity contribution in [2.24, 2.45) is 5.92 Å². The number of amides is 1. The minimum Gasteiger partial charge on any atom is -0.394 e. The average Bonchev–Trinajstić information content (AvgIpc) is 3.13. The highest BCUT2D eigenvalue weighted by atomic mass is 35.5. The van der Waals surface area contributed by atoms with Gasteiger partial charge in [-0.15, -0.1) is 0 Å². The zero-order valence-corrected chi connectivity index (χ0v) is 20.9. The molecule has 6 nitrogen and oxygen atoms in total. The standard InChI is InChI=1S/C26H31Cl2N3O3/c1-16(2)12-22-26(15-29,18-6-8-19(27)9-7-18)23(17-4-3-5-20(28)13-17)24(31-22)25(34)30-11-10-21(33)14-32/h3-9,13,16,21-24,31-33H,10-12,14H2,1-2H3,(H,30,34)/t21-,22+,23-,24+,26-/m0/s1. The highest BCUT2D eigenvalue weighted by Gasteiger charge is 2.59. The number of carbonyl (C=O) groups is 1. The third kappa shape index (κ3) is 5.56. The van der Waals surface area contributed by atoms with Gasteiger partial charge in [-0.25, -0.2) is 0 Å². The Balaban J connectivity index is 2.11. The monoisotopic (exact) mass is 503 g/mol. The smallest absolute Gasteiger partial charge is 0.237 e. The Morgan fingerprint density at radius 1 is 1.21 bits per heavy atom. The Labute approximate surface area is 210 Å². The summed E-state index contributed by atoms with van der Waals surface area (Å²) in [6.07, 6.45) is 0.00840. The average molecular weight is 504 g/mol. The summed E-state index contributed by atoms with van der Waals surface area (Å²) < 4.78 is 0. The molecule has 3 rings (SSSR count). The van der Waals surface area contributed by atoms with E-state index in [0.717, 1.165) is 11.1 Å². The van der Waals surface area contributed by atoms with Crippen molar-refractivity contribution in [3.63, 3.8) is 0 Å². The van der Waals surface area contributed by atoms with Crippen molar-refractivity contribution in [1.29, 1.82) is 5.26 Å². The van der Waals surface area contributed by atoms with Crippen molar-refractivity contribution < 1.29 is 15.0 Å². The number of nitriles is 1. The van der Waals surface area contributed by atoms with Crippen molar-refractivity contribution in [3.05, 3.63) is 69.7 Å². The number of halogens is 2. The molecule has 182 valence electrons. The maximum atomic E-state index is 13.4. The molecule has 34 heavy (non-hydrogen) atoms. The minimum absolute atomic E-state index is 0.205. The first-order valence-corrected chi connectivity index (χ1v) is 12.2. The lowest BCUT2D eigenvalue weighted by Gasteiger charge is -2.35. The second-order valence-corrected chi connectivity index (χ2v) is 10.1. The number of hydrogen-bond donors (Lipinski definition) is 4. The Morgan fingerprint density at radius 2 is 1.91 bits per heavy atom. The number of benzene rings is 2. The van der Waals surface area contributed by atoms with Gasteiger partial charge in [0.15, 0.2) is 0 Å². The molecule has 0 unspecified atom stereocenters. The highest BCUT2D eigenvalue weighted by Crippen LogP contribution is 2.50. The predicted molar refractivity (Wildman–Crippen MR) is 134 cm³/mol. The molecule has 1 aliphatic heterocycles. The molecule has 1 amide bonds. The highest BCUT2D eigenvalue weighted by molar-refractivity contribution is 6.30. The van der Waals surface area contributed by atoms with Gasteiger partial charge in [-0.2, -0.15) is 5.26 Å². The summed E-state index contributed by atoms with van der Waals surface area (Å²) in [7, 11) is 0. The van der Waals surface area contributed by atoms with Crippen LogP contribution in [0.2, 0.25) is 10.0 Å². The van der Waals surface area contributed by atoms with Crippen LogP contribution in [-0.4, -0.2) is 47.5 Å². The lowest BCUT2D eigenvalue weighted by atomic mass is 9.64. The Kier molecular flexibility index (Phi) is 8.97. The molecular weight excluding hydrogens is 473 g/mol. The van der Waals surface area contributed by atoms with Crippen LogP contribution in [0.3, 0.4) is 0 Å². The largest absolute Gasteiger partial charge is 0.394 e. The SMILES string of the molecule is CC(C)C[C@H]1N[C@@H](C(=O)NCC[C@H](O)CO)[C@H](c2cccc(Cl)c2)[C@@]1(C#N)c1ccc(Cl)cc1. The number of hydrogen-bond acceptors (Lipinski definition) is 5. The molecule has 1 saturated heterocycles. The summed E-state index contributed by atoms with van der Waals surface area (Å²) in [4.78, 5) is 13.4. The summed E-state index contributed by atoms with van der Waals surface area (Å²) >= 11 is 12.5. The molecular formula is C26H31Cl2N3O3. The van der Waals surface area contributed by atoms with Gasteiger partial charge in [-0.05, 0) is 54.2 Å². The maximum absolute atomic E-state index is 13.4. The Hall–Kier alpha value is -2.14. The van der Waals surface area contributed by atoms with Gasteiger partial charge in [0.05, 0.1) is 24.8 Å². The molecule has 0 aromatic heterocycles. The van der Waals surface area contributed by atoms with E-state index < -0.39 is 23.5 Å². The van der Waals surface area contributed by atoms with E-state index in [2.05, 4.69) is 30.6 Å². The predicted octanol–water partition coefficient (Wildman–Crippen LogP) is 3.78. The third-order valence-corrected chi connectivity index (χ3v) is 6.93. The van der Waals surface area contributed by atoms with E-state index in [1.165, 1.54) is 0 Å². The van der Waals surface area contributed by atoms with Crippen molar-refractivity contribution in [2.75, 3.05) is 13.2 Å². The first kappa shape index (κ1) is 26.5. The van der Waals surface area contributed by atoms with Gasteiger partial charge >= 0.3 is 0 Å². The van der Waals surface area contributed by atoms with Crippen LogP contribution >= 0.6 is 23.2 Å². The van der Waals surface area contributed by atoms with Crippen LogP contribution in [0.25, 0.3) is 0 Å². The van der Waals surface area contributed by atoms with Crippen molar-refractivity contribution in [3.8, 4) is 6.07 Å². The van der Waals surface area contributed by atoms with Crippen LogP contribution in [0.1, 0.15) is 43.7 Å². The van der Waals surface area contributed by atoms with E-state index in [1.54, 1.807) is 18.2 Å². The molecule has 0 aliphatic carbocycles. The number of carbonyl (C=O) groups excluding carboxylic acids is 1. The molecule has 0 saturated carbocycles. The van der Waals surface area contributed by atoms with Gasteiger partial charge < -0.3 is 20.8 Å². The maximum Gasteiger partial charge on any atom is 0.237 e. The van der Waals surface area contributed by atoms with E-state index in [4.69, 9.17) is 28.3 Å². The lowest BCUT2D eigenvalue weighted by molar-refractivity contribution is -0.123. The fourth-order valence-corrected chi connectivity index (χ4v) is 5.24. The molecule has 4 N–H and O–H groups in total. The minimum atomic E-state index is -1.05. The zero-order valence-electron chi connectivity index (χ0n) is 19.3. The second-order valence-electron chi connectivity index (χ2n) is 9.26. The molecule has 1 heterocycles. The summed E-state index contributed by atoms with van der Waals surface area (Å²) in [5.74, 6) is -0.516. The van der Waals surface area contributed by atoms with Gasteiger partial charge in [0, 0.05) is 28.5 Å². The number of rotatable bonds is 9. The molecule has 0 bridgehead atoms. The first-order valence-electron chi connectivity index (χ1n) is 11.5. The summed E-state index contributed by atoms with van der Waals surface area (Å²) in [6, 6.07) is 16.1. The van der Waals surface area contributed by atoms with Crippen LogP contribution in [0.15, 0.2) is 48.5 Å². The van der Waals surface area contributed by atoms with Crippen molar-refractivity contribution in [2.45, 2.75) is 56.2 Å². The van der Waals surface area contributed by atoms with Crippen LogP contribution in [-0.2, 0) is 10.2 Å². The quantitative estimate of drug-likeness (QED) is 0.416. The van der Waals surface area contributed by atoms with Crippen molar-refractivity contribution >= 4 is 29.1 Å². The molecule has 1 aliphatic rings. The summed E-state index contributed by atoms with van der Waals surface area (Å²) in [5.41, 5.74) is 0.526. The molecule has 5 atom stereocenters. The molecule has 0 radical (unpaired) electrons. The number of nitrogens with zero attached hydrogens (tertiary/aromatic N) is 1. The number of aliphatic hydroxyl groups is 2. The molecule has 8 heteroatoms. The van der Waals surface area contributed by atoms with Gasteiger partial charge in [0.1, 0.15) is 5.41 Å². The normalized spacial score (nSPS) is 25.2. The number of nitrogens with one attached hydrogen (secondary N) is 2. The van der Waals surface area contributed by atoms with Crippen molar-refractivity contribution in [1.82, 2.24) is 10.6 Å². The van der Waals surface area contributed by atoms with Gasteiger partial charge in [-0.3, -0.25) is 4.79 Å². The summed E-state index contributed by atoms with van der Waals surface area (Å²) in [6.45, 7) is 4.01. The fraction of sp³-hybridized carbons (Fsp3) is 0.462. The summed E-state index contributed by atoms with van der Waals surface area (Å²) in [5, 5.41) is 36.9. The fourth-order valence-electron chi connectivity index (χ4n) is 4.91. The molecule has 1 fully saturated rings. The molecule has 2 aromatic rings. The van der Waals surface area contributed by atoms with Crippen LogP contribution in [0.5, 0.6) is 0 Å². The lowest BCUT2D eigenvalue weighted by Crippen LogP contribution is -2.45. The van der Waals surface area contributed by atoms with Gasteiger partial charge in [0.2, 0.25) is 5.91 Å².